The molecule has 1 aliphatic carbocycles. The van der Waals surface area contributed by atoms with Crippen LogP contribution in [0.4, 0.5) is 0 Å². The Morgan fingerprint density at radius 1 is 1.04 bits per heavy atom. The molecule has 0 unspecified atom stereocenters. The van der Waals surface area contributed by atoms with Crippen molar-refractivity contribution in [2.24, 2.45) is 0 Å². The number of hydrogen-bond donors (Lipinski definition) is 1. The first kappa shape index (κ1) is 18.1. The molecule has 1 N–H and O–H groups in total. The second-order valence-electron chi connectivity index (χ2n) is 6.87. The van der Waals surface area contributed by atoms with Crippen molar-refractivity contribution in [3.8, 4) is 0 Å². The number of benzene rings is 1. The fraction of sp³-hybridized carbons (Fsp3) is 0.647. The Morgan fingerprint density at radius 3 is 2.33 bits per heavy atom. The van der Waals surface area contributed by atoms with E-state index in [0.29, 0.717) is 11.1 Å². The quantitative estimate of drug-likeness (QED) is 0.881. The molecule has 2 atom stereocenters. The molecular formula is C17H26ClN3O2S. The summed E-state index contributed by atoms with van der Waals surface area (Å²) in [6.07, 6.45) is 4.23. The van der Waals surface area contributed by atoms with Gasteiger partial charge in [0.15, 0.2) is 0 Å². The second-order valence-corrected chi connectivity index (χ2v) is 9.02. The van der Waals surface area contributed by atoms with Gasteiger partial charge in [0.05, 0.1) is 4.90 Å². The largest absolute Gasteiger partial charge is 0.304 e. The summed E-state index contributed by atoms with van der Waals surface area (Å²) >= 11 is 5.86. The highest BCUT2D eigenvalue weighted by Gasteiger charge is 2.34. The number of likely N-dealkylation sites (N-methyl/N-ethyl adjacent to an activating group) is 1. The Kier molecular flexibility index (Phi) is 5.82. The highest BCUT2D eigenvalue weighted by molar-refractivity contribution is 7.89. The summed E-state index contributed by atoms with van der Waals surface area (Å²) in [5, 5.41) is 0.543. The van der Waals surface area contributed by atoms with E-state index in [0.717, 1.165) is 45.4 Å². The van der Waals surface area contributed by atoms with Crippen molar-refractivity contribution in [1.29, 1.82) is 0 Å². The molecule has 3 rings (SSSR count). The molecule has 0 amide bonds. The fourth-order valence-electron chi connectivity index (χ4n) is 3.72. The van der Waals surface area contributed by atoms with Crippen molar-refractivity contribution in [2.45, 2.75) is 42.7 Å². The topological polar surface area (TPSA) is 52.6 Å². The van der Waals surface area contributed by atoms with Gasteiger partial charge in [-0.25, -0.2) is 13.1 Å². The molecule has 1 saturated heterocycles. The molecule has 134 valence electrons. The molecule has 0 aromatic heterocycles. The first-order valence-electron chi connectivity index (χ1n) is 8.66. The molecule has 1 aromatic rings. The van der Waals surface area contributed by atoms with Crippen molar-refractivity contribution >= 4 is 21.6 Å². The van der Waals surface area contributed by atoms with Gasteiger partial charge in [-0.15, -0.1) is 0 Å². The van der Waals surface area contributed by atoms with Gasteiger partial charge >= 0.3 is 0 Å². The maximum absolute atomic E-state index is 12.7. The average Bonchev–Trinajstić information content (AvgIpc) is 2.56. The van der Waals surface area contributed by atoms with Crippen LogP contribution in [-0.4, -0.2) is 63.5 Å². The number of sulfonamides is 1. The lowest BCUT2D eigenvalue weighted by Crippen LogP contribution is -2.57. The predicted octanol–water partition coefficient (Wildman–Crippen LogP) is 2.18. The number of hydrogen-bond acceptors (Lipinski definition) is 4. The van der Waals surface area contributed by atoms with Gasteiger partial charge in [0.2, 0.25) is 10.0 Å². The van der Waals surface area contributed by atoms with Crippen molar-refractivity contribution in [2.75, 3.05) is 33.2 Å². The van der Waals surface area contributed by atoms with Gasteiger partial charge in [-0.3, -0.25) is 4.90 Å². The number of piperazine rings is 1. The molecule has 1 aromatic carbocycles. The minimum absolute atomic E-state index is 0.0113. The summed E-state index contributed by atoms with van der Waals surface area (Å²) in [7, 11) is -1.37. The van der Waals surface area contributed by atoms with Gasteiger partial charge in [0.1, 0.15) is 0 Å². The summed E-state index contributed by atoms with van der Waals surface area (Å²) in [5.74, 6) is 0. The smallest absolute Gasteiger partial charge is 0.240 e. The Morgan fingerprint density at radius 2 is 1.67 bits per heavy atom. The van der Waals surface area contributed by atoms with Crippen LogP contribution in [-0.2, 0) is 10.0 Å². The second kappa shape index (κ2) is 7.70. The minimum atomic E-state index is -3.50. The van der Waals surface area contributed by atoms with Crippen molar-refractivity contribution in [1.82, 2.24) is 14.5 Å². The fourth-order valence-corrected chi connectivity index (χ4v) is 5.15. The van der Waals surface area contributed by atoms with E-state index >= 15 is 0 Å². The van der Waals surface area contributed by atoms with E-state index < -0.39 is 10.0 Å². The van der Waals surface area contributed by atoms with Crippen LogP contribution in [0.3, 0.4) is 0 Å². The Balaban J connectivity index is 1.72. The summed E-state index contributed by atoms with van der Waals surface area (Å²) in [5.41, 5.74) is 0. The lowest BCUT2D eigenvalue weighted by Gasteiger charge is -2.43. The zero-order valence-electron chi connectivity index (χ0n) is 14.1. The molecular weight excluding hydrogens is 346 g/mol. The van der Waals surface area contributed by atoms with Gasteiger partial charge in [-0.1, -0.05) is 24.4 Å². The van der Waals surface area contributed by atoms with Gasteiger partial charge in [-0.05, 0) is 44.2 Å². The first-order valence-corrected chi connectivity index (χ1v) is 10.5. The van der Waals surface area contributed by atoms with Gasteiger partial charge in [0.25, 0.3) is 0 Å². The monoisotopic (exact) mass is 371 g/mol. The summed E-state index contributed by atoms with van der Waals surface area (Å²) in [6, 6.07) is 6.66. The van der Waals surface area contributed by atoms with Crippen molar-refractivity contribution in [3.05, 3.63) is 29.3 Å². The molecule has 2 fully saturated rings. The maximum atomic E-state index is 12.7. The molecule has 0 spiro atoms. The van der Waals surface area contributed by atoms with Crippen LogP contribution in [0.5, 0.6) is 0 Å². The highest BCUT2D eigenvalue weighted by Crippen LogP contribution is 2.26. The molecule has 1 heterocycles. The molecule has 0 bridgehead atoms. The third kappa shape index (κ3) is 4.29. The average molecular weight is 372 g/mol. The van der Waals surface area contributed by atoms with E-state index in [2.05, 4.69) is 21.6 Å². The van der Waals surface area contributed by atoms with Crippen LogP contribution in [0.2, 0.25) is 5.02 Å². The molecule has 0 radical (unpaired) electrons. The normalized spacial score (nSPS) is 27.2. The molecule has 7 heteroatoms. The standard InChI is InChI=1S/C17H26ClN3O2S/c1-20-10-12-21(13-11-20)17-5-3-2-4-16(17)19-24(22,23)15-8-6-14(18)7-9-15/h6-9,16-17,19H,2-5,10-13H2,1H3/t16-,17-/m1/s1. The molecule has 1 saturated carbocycles. The lowest BCUT2D eigenvalue weighted by molar-refractivity contribution is 0.0766. The van der Waals surface area contributed by atoms with E-state index in [1.165, 1.54) is 6.42 Å². The summed E-state index contributed by atoms with van der Waals surface area (Å²) < 4.78 is 28.4. The van der Waals surface area contributed by atoms with E-state index in [9.17, 15) is 8.42 Å². The van der Waals surface area contributed by atoms with Crippen LogP contribution in [0.1, 0.15) is 25.7 Å². The molecule has 5 nitrogen and oxygen atoms in total. The molecule has 1 aliphatic heterocycles. The number of rotatable bonds is 4. The van der Waals surface area contributed by atoms with Crippen molar-refractivity contribution in [3.63, 3.8) is 0 Å². The van der Waals surface area contributed by atoms with E-state index in [1.54, 1.807) is 24.3 Å². The van der Waals surface area contributed by atoms with Crippen LogP contribution < -0.4 is 4.72 Å². The van der Waals surface area contributed by atoms with Gasteiger partial charge in [-0.2, -0.15) is 0 Å². The van der Waals surface area contributed by atoms with Gasteiger partial charge < -0.3 is 4.90 Å². The summed E-state index contributed by atoms with van der Waals surface area (Å²) in [6.45, 7) is 4.13. The van der Waals surface area contributed by atoms with Crippen molar-refractivity contribution < 1.29 is 8.42 Å². The van der Waals surface area contributed by atoms with Crippen LogP contribution >= 0.6 is 11.6 Å². The Bertz CT molecular complexity index is 642. The Hall–Kier alpha value is -0.660. The zero-order valence-corrected chi connectivity index (χ0v) is 15.7. The number of halogens is 1. The summed E-state index contributed by atoms with van der Waals surface area (Å²) in [4.78, 5) is 5.08. The molecule has 24 heavy (non-hydrogen) atoms. The zero-order chi connectivity index (χ0) is 17.2. The lowest BCUT2D eigenvalue weighted by atomic mass is 9.89. The maximum Gasteiger partial charge on any atom is 0.240 e. The number of nitrogens with zero attached hydrogens (tertiary/aromatic N) is 2. The Labute approximate surface area is 150 Å². The van der Waals surface area contributed by atoms with Crippen LogP contribution in [0, 0.1) is 0 Å². The first-order chi connectivity index (χ1) is 11.5. The highest BCUT2D eigenvalue weighted by atomic mass is 35.5. The van der Waals surface area contributed by atoms with Gasteiger partial charge in [0, 0.05) is 43.3 Å². The van der Waals surface area contributed by atoms with E-state index in [1.807, 2.05) is 0 Å². The minimum Gasteiger partial charge on any atom is -0.304 e. The SMILES string of the molecule is CN1CCN([C@@H]2CCCC[C@H]2NS(=O)(=O)c2ccc(Cl)cc2)CC1. The van der Waals surface area contributed by atoms with E-state index in [4.69, 9.17) is 11.6 Å². The third-order valence-corrected chi connectivity index (χ3v) is 6.92. The molecule has 2 aliphatic rings. The third-order valence-electron chi connectivity index (χ3n) is 5.17. The van der Waals surface area contributed by atoms with Crippen LogP contribution in [0.25, 0.3) is 0 Å². The van der Waals surface area contributed by atoms with Crippen LogP contribution in [0.15, 0.2) is 29.2 Å². The van der Waals surface area contributed by atoms with E-state index in [-0.39, 0.29) is 10.9 Å². The number of nitrogens with one attached hydrogen (secondary N) is 1. The predicted molar refractivity (Wildman–Crippen MR) is 96.9 cm³/mol.